The van der Waals surface area contributed by atoms with Crippen LogP contribution < -0.4 is 5.32 Å². The lowest BCUT2D eigenvalue weighted by molar-refractivity contribution is -0.131. The van der Waals surface area contributed by atoms with Crippen molar-refractivity contribution in [3.8, 4) is 0 Å². The van der Waals surface area contributed by atoms with Gasteiger partial charge in [-0.15, -0.1) is 0 Å². The van der Waals surface area contributed by atoms with Gasteiger partial charge in [0, 0.05) is 24.8 Å². The molecule has 4 heteroatoms. The first-order valence-electron chi connectivity index (χ1n) is 8.64. The average Bonchev–Trinajstić information content (AvgIpc) is 2.51. The van der Waals surface area contributed by atoms with Gasteiger partial charge in [-0.3, -0.25) is 9.69 Å². The molecule has 4 nitrogen and oxygen atoms in total. The van der Waals surface area contributed by atoms with Crippen molar-refractivity contribution >= 4 is 5.91 Å². The highest BCUT2D eigenvalue weighted by molar-refractivity contribution is 5.80. The van der Waals surface area contributed by atoms with E-state index in [1.54, 1.807) is 0 Å². The van der Waals surface area contributed by atoms with Gasteiger partial charge in [-0.2, -0.15) is 0 Å². The molecule has 0 bridgehead atoms. The van der Waals surface area contributed by atoms with Gasteiger partial charge in [-0.05, 0) is 59.0 Å². The fraction of sp³-hybridized carbons (Fsp3) is 0.824. The lowest BCUT2D eigenvalue weighted by Crippen LogP contribution is -2.49. The Labute approximate surface area is 129 Å². The third kappa shape index (κ3) is 4.55. The first kappa shape index (κ1) is 16.5. The van der Waals surface area contributed by atoms with Crippen molar-refractivity contribution in [2.75, 3.05) is 33.2 Å². The van der Waals surface area contributed by atoms with E-state index < -0.39 is 0 Å². The maximum Gasteiger partial charge on any atom is 0.240 e. The van der Waals surface area contributed by atoms with Gasteiger partial charge in [0.05, 0.1) is 6.54 Å². The molecule has 2 aliphatic rings. The van der Waals surface area contributed by atoms with Crippen LogP contribution in [0.5, 0.6) is 0 Å². The monoisotopic (exact) mass is 293 g/mol. The van der Waals surface area contributed by atoms with Gasteiger partial charge < -0.3 is 10.2 Å². The zero-order valence-electron chi connectivity index (χ0n) is 13.7. The van der Waals surface area contributed by atoms with Crippen LogP contribution in [0.2, 0.25) is 0 Å². The maximum absolute atomic E-state index is 12.7. The fourth-order valence-electron chi connectivity index (χ4n) is 3.60. The number of piperidine rings is 1. The van der Waals surface area contributed by atoms with Crippen molar-refractivity contribution in [1.82, 2.24) is 15.1 Å². The van der Waals surface area contributed by atoms with Crippen molar-refractivity contribution in [3.63, 3.8) is 0 Å². The number of likely N-dealkylation sites (N-methyl/N-ethyl adjacent to an activating group) is 2. The predicted molar refractivity (Wildman–Crippen MR) is 87.1 cm³/mol. The summed E-state index contributed by atoms with van der Waals surface area (Å²) < 4.78 is 0. The summed E-state index contributed by atoms with van der Waals surface area (Å²) >= 11 is 0. The molecule has 120 valence electrons. The molecule has 0 aromatic heterocycles. The van der Waals surface area contributed by atoms with Crippen molar-refractivity contribution in [1.29, 1.82) is 0 Å². The minimum absolute atomic E-state index is 0.286. The van der Waals surface area contributed by atoms with Crippen molar-refractivity contribution in [2.24, 2.45) is 0 Å². The molecule has 1 unspecified atom stereocenters. The number of nitrogens with zero attached hydrogens (tertiary/aromatic N) is 2. The van der Waals surface area contributed by atoms with Crippen molar-refractivity contribution < 1.29 is 4.79 Å². The lowest BCUT2D eigenvalue weighted by atomic mass is 10.0. The second kappa shape index (κ2) is 8.54. The molecule has 1 heterocycles. The molecular formula is C17H31N3O. The Kier molecular flexibility index (Phi) is 6.71. The molecule has 0 saturated carbocycles. The Bertz CT molecular complexity index is 365. The van der Waals surface area contributed by atoms with E-state index in [-0.39, 0.29) is 5.91 Å². The quantitative estimate of drug-likeness (QED) is 0.816. The summed E-state index contributed by atoms with van der Waals surface area (Å²) in [5, 5.41) is 3.27. The third-order valence-electron chi connectivity index (χ3n) is 4.76. The molecule has 1 amide bonds. The standard InChI is InChI=1S/C17H31N3O/c1-3-20(15-9-5-4-6-10-15)17(21)14-19-12-8-7-11-16(19)13-18-2/h9,16,18H,3-8,10-14H2,1-2H3. The van der Waals surface area contributed by atoms with Gasteiger partial charge in [-0.25, -0.2) is 0 Å². The van der Waals surface area contributed by atoms with Crippen LogP contribution in [0.1, 0.15) is 51.9 Å². The Balaban J connectivity index is 1.95. The number of amides is 1. The lowest BCUT2D eigenvalue weighted by Gasteiger charge is -2.37. The van der Waals surface area contributed by atoms with Gasteiger partial charge >= 0.3 is 0 Å². The minimum Gasteiger partial charge on any atom is -0.318 e. The Morgan fingerprint density at radius 2 is 2.24 bits per heavy atom. The van der Waals surface area contributed by atoms with Crippen LogP contribution in [0.25, 0.3) is 0 Å². The van der Waals surface area contributed by atoms with E-state index in [2.05, 4.69) is 23.2 Å². The van der Waals surface area contributed by atoms with Gasteiger partial charge in [0.2, 0.25) is 5.91 Å². The van der Waals surface area contributed by atoms with Crippen LogP contribution in [-0.2, 0) is 4.79 Å². The zero-order chi connectivity index (χ0) is 15.1. The number of likely N-dealkylation sites (tertiary alicyclic amines) is 1. The topological polar surface area (TPSA) is 35.6 Å². The van der Waals surface area contributed by atoms with Gasteiger partial charge in [0.25, 0.3) is 0 Å². The normalized spacial score (nSPS) is 23.7. The molecule has 1 aliphatic heterocycles. The molecule has 1 N–H and O–H groups in total. The average molecular weight is 293 g/mol. The molecule has 0 aromatic carbocycles. The SMILES string of the molecule is CCN(C(=O)CN1CCCCC1CNC)C1=CCCCC1. The van der Waals surface area contributed by atoms with Crippen LogP contribution in [0.4, 0.5) is 0 Å². The fourth-order valence-corrected chi connectivity index (χ4v) is 3.60. The van der Waals surface area contributed by atoms with Crippen LogP contribution in [0.15, 0.2) is 11.8 Å². The maximum atomic E-state index is 12.7. The van der Waals surface area contributed by atoms with E-state index in [0.29, 0.717) is 12.6 Å². The summed E-state index contributed by atoms with van der Waals surface area (Å²) in [5.74, 6) is 0.286. The summed E-state index contributed by atoms with van der Waals surface area (Å²) in [6.45, 7) is 5.53. The molecule has 1 fully saturated rings. The summed E-state index contributed by atoms with van der Waals surface area (Å²) in [6.07, 6.45) is 10.7. The summed E-state index contributed by atoms with van der Waals surface area (Å²) in [4.78, 5) is 17.1. The molecule has 21 heavy (non-hydrogen) atoms. The van der Waals surface area contributed by atoms with Crippen LogP contribution in [0.3, 0.4) is 0 Å². The number of allylic oxidation sites excluding steroid dienone is 2. The van der Waals surface area contributed by atoms with Crippen LogP contribution >= 0.6 is 0 Å². The highest BCUT2D eigenvalue weighted by Crippen LogP contribution is 2.22. The second-order valence-electron chi connectivity index (χ2n) is 6.26. The van der Waals surface area contributed by atoms with Crippen LogP contribution in [0, 0.1) is 0 Å². The summed E-state index contributed by atoms with van der Waals surface area (Å²) in [7, 11) is 2.00. The summed E-state index contributed by atoms with van der Waals surface area (Å²) in [5.41, 5.74) is 1.26. The molecule has 1 atom stereocenters. The Morgan fingerprint density at radius 3 is 2.90 bits per heavy atom. The van der Waals surface area contributed by atoms with Crippen LogP contribution in [-0.4, -0.2) is 55.0 Å². The van der Waals surface area contributed by atoms with E-state index in [1.807, 2.05) is 11.9 Å². The number of carbonyl (C=O) groups is 1. The van der Waals surface area contributed by atoms with E-state index in [4.69, 9.17) is 0 Å². The highest BCUT2D eigenvalue weighted by Gasteiger charge is 2.26. The van der Waals surface area contributed by atoms with E-state index >= 15 is 0 Å². The zero-order valence-corrected chi connectivity index (χ0v) is 13.7. The largest absolute Gasteiger partial charge is 0.318 e. The highest BCUT2D eigenvalue weighted by atomic mass is 16.2. The van der Waals surface area contributed by atoms with Crippen molar-refractivity contribution in [3.05, 3.63) is 11.8 Å². The molecule has 1 aliphatic carbocycles. The smallest absolute Gasteiger partial charge is 0.240 e. The van der Waals surface area contributed by atoms with Gasteiger partial charge in [0.1, 0.15) is 0 Å². The van der Waals surface area contributed by atoms with E-state index in [9.17, 15) is 4.79 Å². The van der Waals surface area contributed by atoms with Gasteiger partial charge in [-0.1, -0.05) is 12.5 Å². The van der Waals surface area contributed by atoms with Gasteiger partial charge in [0.15, 0.2) is 0 Å². The summed E-state index contributed by atoms with van der Waals surface area (Å²) in [6, 6.07) is 0.520. The number of hydrogen-bond donors (Lipinski definition) is 1. The molecule has 0 spiro atoms. The number of nitrogens with one attached hydrogen (secondary N) is 1. The number of rotatable bonds is 6. The molecule has 0 aromatic rings. The molecule has 2 rings (SSSR count). The number of carbonyl (C=O) groups excluding carboxylic acids is 1. The number of hydrogen-bond acceptors (Lipinski definition) is 3. The predicted octanol–water partition coefficient (Wildman–Crippen LogP) is 2.37. The molecular weight excluding hydrogens is 262 g/mol. The minimum atomic E-state index is 0.286. The Hall–Kier alpha value is -0.870. The first-order chi connectivity index (χ1) is 10.3. The molecule has 1 saturated heterocycles. The second-order valence-corrected chi connectivity index (χ2v) is 6.26. The molecule has 0 radical (unpaired) electrons. The van der Waals surface area contributed by atoms with Crippen molar-refractivity contribution in [2.45, 2.75) is 57.9 Å². The van der Waals surface area contributed by atoms with E-state index in [0.717, 1.165) is 32.5 Å². The Morgan fingerprint density at radius 1 is 1.38 bits per heavy atom. The van der Waals surface area contributed by atoms with E-state index in [1.165, 1.54) is 37.8 Å². The third-order valence-corrected chi connectivity index (χ3v) is 4.76. The first-order valence-corrected chi connectivity index (χ1v) is 8.64.